The fraction of sp³-hybridized carbons (Fsp3) is 0.250. The fourth-order valence-corrected chi connectivity index (χ4v) is 1.77. The number of carbonyl (C=O) groups excluding carboxylic acids is 2. The lowest BCUT2D eigenvalue weighted by Crippen LogP contribution is -2.38. The van der Waals surface area contributed by atoms with Crippen molar-refractivity contribution >= 4 is 23.3 Å². The van der Waals surface area contributed by atoms with E-state index in [4.69, 9.17) is 5.26 Å². The molecule has 1 atom stereocenters. The van der Waals surface area contributed by atoms with Gasteiger partial charge in [0.25, 0.3) is 0 Å². The first-order valence-electron chi connectivity index (χ1n) is 4.70. The van der Waals surface area contributed by atoms with Crippen molar-refractivity contribution in [1.29, 1.82) is 5.26 Å². The molecule has 0 spiro atoms. The van der Waals surface area contributed by atoms with Crippen molar-refractivity contribution in [2.45, 2.75) is 18.6 Å². The summed E-state index contributed by atoms with van der Waals surface area (Å²) in [6.45, 7) is 2.81. The van der Waals surface area contributed by atoms with Crippen LogP contribution >= 0.6 is 11.8 Å². The first-order valence-corrected chi connectivity index (χ1v) is 5.52. The molecule has 0 N–H and O–H groups in total. The van der Waals surface area contributed by atoms with Gasteiger partial charge in [0.2, 0.25) is 0 Å². The summed E-state index contributed by atoms with van der Waals surface area (Å²) in [4.78, 5) is 23.6. The van der Waals surface area contributed by atoms with Crippen molar-refractivity contribution in [3.05, 3.63) is 35.9 Å². The third-order valence-corrected chi connectivity index (χ3v) is 3.36. The number of rotatable bonds is 4. The zero-order valence-corrected chi connectivity index (χ0v) is 9.88. The largest absolute Gasteiger partial charge is 0.298 e. The van der Waals surface area contributed by atoms with Gasteiger partial charge in [0.15, 0.2) is 11.6 Å². The van der Waals surface area contributed by atoms with E-state index >= 15 is 0 Å². The van der Waals surface area contributed by atoms with Crippen LogP contribution in [0.25, 0.3) is 0 Å². The maximum Gasteiger partial charge on any atom is 0.187 e. The number of carbonyl (C=O) groups is 2. The molecule has 0 aliphatic carbocycles. The predicted octanol–water partition coefficient (Wildman–Crippen LogP) is 2.43. The number of hydrogen-bond acceptors (Lipinski definition) is 4. The summed E-state index contributed by atoms with van der Waals surface area (Å²) in [7, 11) is 0. The summed E-state index contributed by atoms with van der Waals surface area (Å²) >= 11 is 0.696. The van der Waals surface area contributed by atoms with Gasteiger partial charge < -0.3 is 0 Å². The minimum atomic E-state index is -1.31. The van der Waals surface area contributed by atoms with Gasteiger partial charge >= 0.3 is 0 Å². The van der Waals surface area contributed by atoms with Crippen LogP contribution in [-0.2, 0) is 4.79 Å². The highest BCUT2D eigenvalue weighted by molar-refractivity contribution is 8.06. The second-order valence-electron chi connectivity index (χ2n) is 3.48. The molecule has 3 nitrogen and oxygen atoms in total. The number of nitrogens with zero attached hydrogens (tertiary/aromatic N) is 1. The van der Waals surface area contributed by atoms with Crippen LogP contribution in [-0.4, -0.2) is 16.3 Å². The smallest absolute Gasteiger partial charge is 0.187 e. The van der Waals surface area contributed by atoms with E-state index in [9.17, 15) is 9.59 Å². The van der Waals surface area contributed by atoms with E-state index in [1.165, 1.54) is 13.8 Å². The highest BCUT2D eigenvalue weighted by Crippen LogP contribution is 2.29. The summed E-state index contributed by atoms with van der Waals surface area (Å²) in [6, 6.07) is 8.53. The highest BCUT2D eigenvalue weighted by atomic mass is 32.2. The van der Waals surface area contributed by atoms with Crippen molar-refractivity contribution < 1.29 is 9.59 Å². The van der Waals surface area contributed by atoms with Gasteiger partial charge in [-0.3, -0.25) is 9.59 Å². The van der Waals surface area contributed by atoms with Crippen LogP contribution in [0, 0.1) is 10.7 Å². The zero-order chi connectivity index (χ0) is 12.2. The SMILES string of the molecule is CC(=O)C(C)(SC#N)C(=O)c1ccccc1. The van der Waals surface area contributed by atoms with E-state index in [0.29, 0.717) is 17.3 Å². The van der Waals surface area contributed by atoms with Crippen molar-refractivity contribution in [3.63, 3.8) is 0 Å². The third kappa shape index (κ3) is 2.31. The average molecular weight is 233 g/mol. The average Bonchev–Trinajstić information content (AvgIpc) is 2.29. The van der Waals surface area contributed by atoms with Crippen LogP contribution in [0.5, 0.6) is 0 Å². The Morgan fingerprint density at radius 3 is 2.31 bits per heavy atom. The molecular weight excluding hydrogens is 222 g/mol. The van der Waals surface area contributed by atoms with Gasteiger partial charge in [-0.1, -0.05) is 30.3 Å². The van der Waals surface area contributed by atoms with E-state index in [1.807, 2.05) is 5.40 Å². The van der Waals surface area contributed by atoms with Crippen molar-refractivity contribution in [2.75, 3.05) is 0 Å². The van der Waals surface area contributed by atoms with E-state index in [-0.39, 0.29) is 11.6 Å². The Morgan fingerprint density at radius 1 is 1.31 bits per heavy atom. The molecule has 0 radical (unpaired) electrons. The molecule has 0 saturated heterocycles. The number of thioether (sulfide) groups is 1. The van der Waals surface area contributed by atoms with E-state index in [0.717, 1.165) is 0 Å². The lowest BCUT2D eigenvalue weighted by molar-refractivity contribution is -0.117. The van der Waals surface area contributed by atoms with Gasteiger partial charge in [-0.15, -0.1) is 0 Å². The number of thiocyanates is 1. The molecule has 0 bridgehead atoms. The van der Waals surface area contributed by atoms with Crippen LogP contribution in [0.15, 0.2) is 30.3 Å². The Labute approximate surface area is 98.5 Å². The molecule has 0 heterocycles. The first-order chi connectivity index (χ1) is 7.52. The maximum atomic E-state index is 12.1. The summed E-state index contributed by atoms with van der Waals surface area (Å²) in [6.07, 6.45) is 0. The third-order valence-electron chi connectivity index (χ3n) is 2.39. The van der Waals surface area contributed by atoms with Crippen LogP contribution in [0.2, 0.25) is 0 Å². The first kappa shape index (κ1) is 12.5. The number of benzene rings is 1. The molecule has 0 amide bonds. The van der Waals surface area contributed by atoms with Crippen LogP contribution in [0.3, 0.4) is 0 Å². The minimum Gasteiger partial charge on any atom is -0.298 e. The van der Waals surface area contributed by atoms with Gasteiger partial charge in [0.05, 0.1) is 0 Å². The second-order valence-corrected chi connectivity index (χ2v) is 4.68. The lowest BCUT2D eigenvalue weighted by Gasteiger charge is -2.20. The number of hydrogen-bond donors (Lipinski definition) is 0. The Bertz CT molecular complexity index is 450. The number of nitriles is 1. The van der Waals surface area contributed by atoms with E-state index in [1.54, 1.807) is 30.3 Å². The summed E-state index contributed by atoms with van der Waals surface area (Å²) in [5.74, 6) is -0.639. The Kier molecular flexibility index (Phi) is 3.86. The predicted molar refractivity (Wildman–Crippen MR) is 63.1 cm³/mol. The zero-order valence-electron chi connectivity index (χ0n) is 9.06. The molecule has 0 aliphatic rings. The Morgan fingerprint density at radius 2 is 1.88 bits per heavy atom. The van der Waals surface area contributed by atoms with Gasteiger partial charge in [0.1, 0.15) is 10.1 Å². The monoisotopic (exact) mass is 233 g/mol. The van der Waals surface area contributed by atoms with E-state index < -0.39 is 4.75 Å². The molecule has 82 valence electrons. The minimum absolute atomic E-state index is 0.312. The Hall–Kier alpha value is -1.60. The molecule has 0 fully saturated rings. The van der Waals surface area contributed by atoms with Crippen molar-refractivity contribution in [1.82, 2.24) is 0 Å². The van der Waals surface area contributed by atoms with Gasteiger partial charge in [-0.2, -0.15) is 5.26 Å². The summed E-state index contributed by atoms with van der Waals surface area (Å²) < 4.78 is -1.31. The standard InChI is InChI=1S/C12H11NO2S/c1-9(14)12(2,16-8-13)11(15)10-6-4-3-5-7-10/h3-7H,1-2H3. The summed E-state index contributed by atoms with van der Waals surface area (Å²) in [5, 5.41) is 10.5. The molecule has 1 aromatic rings. The van der Waals surface area contributed by atoms with Gasteiger partial charge in [0, 0.05) is 5.56 Å². The molecule has 16 heavy (non-hydrogen) atoms. The van der Waals surface area contributed by atoms with Crippen LogP contribution in [0.1, 0.15) is 24.2 Å². The van der Waals surface area contributed by atoms with Gasteiger partial charge in [-0.25, -0.2) is 0 Å². The van der Waals surface area contributed by atoms with E-state index in [2.05, 4.69) is 0 Å². The van der Waals surface area contributed by atoms with Crippen LogP contribution < -0.4 is 0 Å². The fourth-order valence-electron chi connectivity index (χ4n) is 1.23. The molecule has 0 aromatic heterocycles. The normalized spacial score (nSPS) is 13.6. The Balaban J connectivity index is 3.12. The summed E-state index contributed by atoms with van der Waals surface area (Å²) in [5.41, 5.74) is 0.447. The number of Topliss-reactive ketones (excluding diaryl/α,β-unsaturated/α-hetero) is 2. The maximum absolute atomic E-state index is 12.1. The van der Waals surface area contributed by atoms with Crippen LogP contribution in [0.4, 0.5) is 0 Å². The molecule has 1 unspecified atom stereocenters. The van der Waals surface area contributed by atoms with Crippen molar-refractivity contribution in [2.24, 2.45) is 0 Å². The number of ketones is 2. The molecule has 0 saturated carbocycles. The highest BCUT2D eigenvalue weighted by Gasteiger charge is 2.39. The second kappa shape index (κ2) is 4.95. The topological polar surface area (TPSA) is 57.9 Å². The van der Waals surface area contributed by atoms with Crippen molar-refractivity contribution in [3.8, 4) is 5.40 Å². The van der Waals surface area contributed by atoms with Gasteiger partial charge in [-0.05, 0) is 25.6 Å². The molecule has 1 aromatic carbocycles. The quantitative estimate of drug-likeness (QED) is 0.455. The molecular formula is C12H11NO2S. The molecule has 1 rings (SSSR count). The lowest BCUT2D eigenvalue weighted by atomic mass is 9.95. The molecule has 0 aliphatic heterocycles. The molecule has 4 heteroatoms.